The first kappa shape index (κ1) is 17.4. The Balaban J connectivity index is 1.84. The number of aromatic hydroxyl groups is 1. The van der Waals surface area contributed by atoms with Crippen LogP contribution in [0.15, 0.2) is 36.5 Å². The van der Waals surface area contributed by atoms with Crippen molar-refractivity contribution in [3.63, 3.8) is 0 Å². The molecule has 134 valence electrons. The molecule has 25 heavy (non-hydrogen) atoms. The molecule has 1 N–H and O–H groups in total. The van der Waals surface area contributed by atoms with E-state index in [1.807, 2.05) is 44.2 Å². The predicted octanol–water partition coefficient (Wildman–Crippen LogP) is 1.84. The molecule has 1 atom stereocenters. The van der Waals surface area contributed by atoms with E-state index in [1.165, 1.54) is 10.9 Å². The third kappa shape index (κ3) is 3.83. The Bertz CT molecular complexity index is 742. The van der Waals surface area contributed by atoms with Crippen LogP contribution in [-0.2, 0) is 9.47 Å². The predicted molar refractivity (Wildman–Crippen MR) is 92.0 cm³/mol. The molecule has 1 aromatic carbocycles. The van der Waals surface area contributed by atoms with Crippen molar-refractivity contribution >= 4 is 5.91 Å². The van der Waals surface area contributed by atoms with E-state index in [4.69, 9.17) is 9.47 Å². The lowest BCUT2D eigenvalue weighted by Crippen LogP contribution is -2.55. The van der Waals surface area contributed by atoms with Crippen molar-refractivity contribution in [3.8, 4) is 11.4 Å². The fourth-order valence-electron chi connectivity index (χ4n) is 3.10. The lowest BCUT2D eigenvalue weighted by molar-refractivity contribution is -0.143. The van der Waals surface area contributed by atoms with Crippen LogP contribution in [0.25, 0.3) is 5.69 Å². The molecule has 0 spiro atoms. The molecule has 0 radical (unpaired) electrons. The fraction of sp³-hybridized carbons (Fsp3) is 0.444. The molecular weight excluding hydrogens is 322 g/mol. The highest BCUT2D eigenvalue weighted by Gasteiger charge is 2.37. The molecule has 3 rings (SSSR count). The Kier molecular flexibility index (Phi) is 4.78. The quantitative estimate of drug-likeness (QED) is 0.915. The standard InChI is InChI=1S/C18H23N3O4/c1-18(2)12-20(9-14(25-18)11-24-3)17(23)16-15(22)10-21(19-16)13-7-5-4-6-8-13/h4-8,10,14,22H,9,11-12H2,1-3H3/t14-/m0/s1. The van der Waals surface area contributed by atoms with Crippen LogP contribution in [0.5, 0.6) is 5.75 Å². The number of carbonyl (C=O) groups excluding carboxylic acids is 1. The number of aromatic nitrogens is 2. The molecular formula is C18H23N3O4. The highest BCUT2D eigenvalue weighted by molar-refractivity contribution is 5.95. The number of ether oxygens (including phenoxy) is 2. The van der Waals surface area contributed by atoms with Gasteiger partial charge in [-0.05, 0) is 26.0 Å². The first-order valence-corrected chi connectivity index (χ1v) is 8.20. The zero-order chi connectivity index (χ0) is 18.0. The Hall–Kier alpha value is -2.38. The molecule has 1 saturated heterocycles. The van der Waals surface area contributed by atoms with Crippen molar-refractivity contribution in [3.05, 3.63) is 42.2 Å². The Morgan fingerprint density at radius 3 is 2.80 bits per heavy atom. The summed E-state index contributed by atoms with van der Waals surface area (Å²) in [5.74, 6) is -0.453. The Morgan fingerprint density at radius 1 is 1.40 bits per heavy atom. The van der Waals surface area contributed by atoms with E-state index in [-0.39, 0.29) is 23.5 Å². The van der Waals surface area contributed by atoms with Crippen molar-refractivity contribution in [1.82, 2.24) is 14.7 Å². The molecule has 0 saturated carbocycles. The van der Waals surface area contributed by atoms with Gasteiger partial charge in [-0.25, -0.2) is 4.68 Å². The summed E-state index contributed by atoms with van der Waals surface area (Å²) in [4.78, 5) is 14.6. The lowest BCUT2D eigenvalue weighted by Gasteiger charge is -2.42. The van der Waals surface area contributed by atoms with Gasteiger partial charge in [0.05, 0.1) is 30.2 Å². The van der Waals surface area contributed by atoms with Crippen LogP contribution in [-0.4, -0.2) is 64.2 Å². The van der Waals surface area contributed by atoms with Gasteiger partial charge in [-0.2, -0.15) is 5.10 Å². The molecule has 2 aromatic rings. The summed E-state index contributed by atoms with van der Waals surface area (Å²) in [6, 6.07) is 9.34. The van der Waals surface area contributed by atoms with Gasteiger partial charge < -0.3 is 19.5 Å². The maximum absolute atomic E-state index is 12.9. The maximum Gasteiger partial charge on any atom is 0.278 e. The number of hydrogen-bond acceptors (Lipinski definition) is 5. The molecule has 1 fully saturated rings. The molecule has 7 nitrogen and oxygen atoms in total. The minimum Gasteiger partial charge on any atom is -0.504 e. The number of para-hydroxylation sites is 1. The van der Waals surface area contributed by atoms with Crippen LogP contribution in [0.1, 0.15) is 24.3 Å². The normalized spacial score (nSPS) is 19.8. The molecule has 1 aliphatic rings. The SMILES string of the molecule is COC[C@@H]1CN(C(=O)c2nn(-c3ccccc3)cc2O)CC(C)(C)O1. The molecule has 7 heteroatoms. The van der Waals surface area contributed by atoms with Crippen molar-refractivity contribution in [2.75, 3.05) is 26.8 Å². The van der Waals surface area contributed by atoms with Crippen molar-refractivity contribution in [1.29, 1.82) is 0 Å². The second-order valence-corrected chi connectivity index (χ2v) is 6.78. The molecule has 1 aromatic heterocycles. The van der Waals surface area contributed by atoms with Gasteiger partial charge in [0.25, 0.3) is 5.91 Å². The topological polar surface area (TPSA) is 76.8 Å². The average molecular weight is 345 g/mol. The number of nitrogens with zero attached hydrogens (tertiary/aromatic N) is 3. The van der Waals surface area contributed by atoms with Gasteiger partial charge in [-0.15, -0.1) is 0 Å². The van der Waals surface area contributed by atoms with Crippen LogP contribution in [0, 0.1) is 0 Å². The van der Waals surface area contributed by atoms with E-state index in [9.17, 15) is 9.90 Å². The molecule has 0 unspecified atom stereocenters. The van der Waals surface area contributed by atoms with Gasteiger partial charge in [0.15, 0.2) is 11.4 Å². The van der Waals surface area contributed by atoms with Crippen LogP contribution in [0.3, 0.4) is 0 Å². The van der Waals surface area contributed by atoms with E-state index in [0.717, 1.165) is 5.69 Å². The average Bonchev–Trinajstić information content (AvgIpc) is 2.95. The number of morpholine rings is 1. The summed E-state index contributed by atoms with van der Waals surface area (Å²) in [5, 5.41) is 14.5. The third-order valence-electron chi connectivity index (χ3n) is 4.04. The largest absolute Gasteiger partial charge is 0.504 e. The second kappa shape index (κ2) is 6.85. The molecule has 0 aliphatic carbocycles. The second-order valence-electron chi connectivity index (χ2n) is 6.78. The molecule has 1 aliphatic heterocycles. The summed E-state index contributed by atoms with van der Waals surface area (Å²) in [5.41, 5.74) is 0.323. The number of carbonyl (C=O) groups is 1. The van der Waals surface area contributed by atoms with Crippen LogP contribution in [0.2, 0.25) is 0 Å². The molecule has 2 heterocycles. The lowest BCUT2D eigenvalue weighted by atomic mass is 10.0. The first-order valence-electron chi connectivity index (χ1n) is 8.20. The van der Waals surface area contributed by atoms with Crippen LogP contribution in [0.4, 0.5) is 0 Å². The highest BCUT2D eigenvalue weighted by atomic mass is 16.5. The van der Waals surface area contributed by atoms with Crippen molar-refractivity contribution in [2.45, 2.75) is 25.6 Å². The summed E-state index contributed by atoms with van der Waals surface area (Å²) in [6.45, 7) is 5.07. The Morgan fingerprint density at radius 2 is 2.12 bits per heavy atom. The maximum atomic E-state index is 12.9. The molecule has 1 amide bonds. The van der Waals surface area contributed by atoms with E-state index in [2.05, 4.69) is 5.10 Å². The minimum absolute atomic E-state index is 0.0396. The summed E-state index contributed by atoms with van der Waals surface area (Å²) in [6.07, 6.45) is 1.23. The number of hydrogen-bond donors (Lipinski definition) is 1. The number of benzene rings is 1. The van der Waals surface area contributed by atoms with Crippen molar-refractivity contribution in [2.24, 2.45) is 0 Å². The van der Waals surface area contributed by atoms with E-state index < -0.39 is 5.60 Å². The summed E-state index contributed by atoms with van der Waals surface area (Å²) in [7, 11) is 1.60. The van der Waals surface area contributed by atoms with Crippen LogP contribution < -0.4 is 0 Å². The Labute approximate surface area is 146 Å². The number of amides is 1. The van der Waals surface area contributed by atoms with Gasteiger partial charge in [0, 0.05) is 20.2 Å². The minimum atomic E-state index is -0.491. The number of rotatable bonds is 4. The summed E-state index contributed by atoms with van der Waals surface area (Å²) >= 11 is 0. The van der Waals surface area contributed by atoms with E-state index >= 15 is 0 Å². The van der Waals surface area contributed by atoms with Crippen molar-refractivity contribution < 1.29 is 19.4 Å². The fourth-order valence-corrected chi connectivity index (χ4v) is 3.10. The zero-order valence-corrected chi connectivity index (χ0v) is 14.7. The monoisotopic (exact) mass is 345 g/mol. The van der Waals surface area contributed by atoms with Gasteiger partial charge >= 0.3 is 0 Å². The van der Waals surface area contributed by atoms with Gasteiger partial charge in [-0.1, -0.05) is 18.2 Å². The van der Waals surface area contributed by atoms with Gasteiger partial charge in [0.1, 0.15) is 0 Å². The van der Waals surface area contributed by atoms with Gasteiger partial charge in [-0.3, -0.25) is 4.79 Å². The van der Waals surface area contributed by atoms with Crippen LogP contribution >= 0.6 is 0 Å². The summed E-state index contributed by atoms with van der Waals surface area (Å²) < 4.78 is 12.6. The highest BCUT2D eigenvalue weighted by Crippen LogP contribution is 2.25. The van der Waals surface area contributed by atoms with E-state index in [0.29, 0.717) is 19.7 Å². The smallest absolute Gasteiger partial charge is 0.278 e. The van der Waals surface area contributed by atoms with E-state index in [1.54, 1.807) is 12.0 Å². The zero-order valence-electron chi connectivity index (χ0n) is 14.7. The van der Waals surface area contributed by atoms with Gasteiger partial charge in [0.2, 0.25) is 0 Å². The first-order chi connectivity index (χ1) is 11.9. The molecule has 0 bridgehead atoms. The number of methoxy groups -OCH3 is 1. The third-order valence-corrected chi connectivity index (χ3v) is 4.04.